The molecule has 3 rings (SSSR count). The first kappa shape index (κ1) is 14.4. The van der Waals surface area contributed by atoms with Crippen LogP contribution < -0.4 is 14.8 Å². The first-order valence-corrected chi connectivity index (χ1v) is 7.48. The van der Waals surface area contributed by atoms with Gasteiger partial charge in [-0.25, -0.2) is 4.39 Å². The summed E-state index contributed by atoms with van der Waals surface area (Å²) in [7, 11) is 0. The quantitative estimate of drug-likeness (QED) is 0.773. The van der Waals surface area contributed by atoms with Crippen molar-refractivity contribution in [1.29, 1.82) is 0 Å². The van der Waals surface area contributed by atoms with E-state index < -0.39 is 6.10 Å². The molecule has 2 aromatic rings. The molecule has 0 spiro atoms. The Hall–Kier alpha value is -1.54. The highest BCUT2D eigenvalue weighted by Gasteiger charge is 2.16. The molecule has 1 aliphatic rings. The van der Waals surface area contributed by atoms with E-state index in [1.165, 1.54) is 12.1 Å². The fourth-order valence-corrected chi connectivity index (χ4v) is 2.75. The zero-order valence-corrected chi connectivity index (χ0v) is 13.1. The van der Waals surface area contributed by atoms with Crippen LogP contribution in [0.3, 0.4) is 0 Å². The maximum absolute atomic E-state index is 13.0. The summed E-state index contributed by atoms with van der Waals surface area (Å²) in [5.74, 6) is 1.05. The number of aliphatic hydroxyl groups is 1. The normalized spacial score (nSPS) is 14.0. The number of halogens is 2. The highest BCUT2D eigenvalue weighted by molar-refractivity contribution is 14.1. The Balaban J connectivity index is 1.67. The first-order valence-electron chi connectivity index (χ1n) is 6.40. The van der Waals surface area contributed by atoms with Crippen LogP contribution in [0.25, 0.3) is 0 Å². The first-order chi connectivity index (χ1) is 10.1. The van der Waals surface area contributed by atoms with Crippen LogP contribution in [0.1, 0.15) is 11.7 Å². The Morgan fingerprint density at radius 2 is 2.00 bits per heavy atom. The average Bonchev–Trinajstić information content (AvgIpc) is 2.93. The molecule has 0 saturated heterocycles. The van der Waals surface area contributed by atoms with Gasteiger partial charge in [0.05, 0.1) is 6.10 Å². The molecule has 2 N–H and O–H groups in total. The van der Waals surface area contributed by atoms with Crippen molar-refractivity contribution < 1.29 is 19.0 Å². The van der Waals surface area contributed by atoms with Crippen molar-refractivity contribution in [2.75, 3.05) is 18.7 Å². The van der Waals surface area contributed by atoms with Crippen LogP contribution in [0, 0.1) is 9.39 Å². The fraction of sp³-hybridized carbons (Fsp3) is 0.200. The average molecular weight is 401 g/mol. The van der Waals surface area contributed by atoms with E-state index in [0.717, 1.165) is 14.8 Å². The standard InChI is InChI=1S/C15H13FINO3/c16-10-2-3-12(11(17)6-10)18-7-13(19)9-1-4-14-15(5-9)21-8-20-14/h1-6,13,18-19H,7-8H2. The van der Waals surface area contributed by atoms with Gasteiger partial charge in [0.15, 0.2) is 11.5 Å². The van der Waals surface area contributed by atoms with Gasteiger partial charge in [0.1, 0.15) is 5.82 Å². The Morgan fingerprint density at radius 3 is 2.81 bits per heavy atom. The summed E-state index contributed by atoms with van der Waals surface area (Å²) in [5, 5.41) is 13.3. The van der Waals surface area contributed by atoms with E-state index in [1.807, 2.05) is 0 Å². The molecule has 0 saturated carbocycles. The summed E-state index contributed by atoms with van der Waals surface area (Å²) in [5.41, 5.74) is 1.53. The lowest BCUT2D eigenvalue weighted by atomic mass is 10.1. The number of hydrogen-bond acceptors (Lipinski definition) is 4. The van der Waals surface area contributed by atoms with Crippen LogP contribution in [-0.2, 0) is 0 Å². The molecule has 2 aromatic carbocycles. The van der Waals surface area contributed by atoms with Crippen molar-refractivity contribution in [1.82, 2.24) is 0 Å². The van der Waals surface area contributed by atoms with Crippen LogP contribution in [0.15, 0.2) is 36.4 Å². The molecule has 1 aliphatic heterocycles. The number of hydrogen-bond donors (Lipinski definition) is 2. The summed E-state index contributed by atoms with van der Waals surface area (Å²) in [6.45, 7) is 0.530. The van der Waals surface area contributed by atoms with Crippen molar-refractivity contribution in [2.45, 2.75) is 6.10 Å². The molecule has 1 atom stereocenters. The molecule has 21 heavy (non-hydrogen) atoms. The number of anilines is 1. The second-order valence-corrected chi connectivity index (χ2v) is 5.80. The smallest absolute Gasteiger partial charge is 0.231 e. The Bertz CT molecular complexity index is 665. The van der Waals surface area contributed by atoms with E-state index in [9.17, 15) is 9.50 Å². The van der Waals surface area contributed by atoms with Crippen molar-refractivity contribution in [3.63, 3.8) is 0 Å². The Kier molecular flexibility index (Phi) is 4.16. The molecule has 0 amide bonds. The second-order valence-electron chi connectivity index (χ2n) is 4.63. The highest BCUT2D eigenvalue weighted by atomic mass is 127. The van der Waals surface area contributed by atoms with Crippen molar-refractivity contribution in [3.8, 4) is 11.5 Å². The minimum absolute atomic E-state index is 0.209. The van der Waals surface area contributed by atoms with Gasteiger partial charge >= 0.3 is 0 Å². The van der Waals surface area contributed by atoms with Crippen molar-refractivity contribution >= 4 is 28.3 Å². The van der Waals surface area contributed by atoms with Crippen LogP contribution in [0.5, 0.6) is 11.5 Å². The number of rotatable bonds is 4. The van der Waals surface area contributed by atoms with Gasteiger partial charge in [0.25, 0.3) is 0 Å². The maximum atomic E-state index is 13.0. The molecule has 1 unspecified atom stereocenters. The van der Waals surface area contributed by atoms with Crippen LogP contribution in [0.2, 0.25) is 0 Å². The number of ether oxygens (including phenoxy) is 2. The highest BCUT2D eigenvalue weighted by Crippen LogP contribution is 2.34. The van der Waals surface area contributed by atoms with Crippen LogP contribution >= 0.6 is 22.6 Å². The molecular formula is C15H13FINO3. The van der Waals surface area contributed by atoms with Gasteiger partial charge in [0.2, 0.25) is 6.79 Å². The third-order valence-corrected chi connectivity index (χ3v) is 4.09. The van der Waals surface area contributed by atoms with Crippen LogP contribution in [-0.4, -0.2) is 18.4 Å². The fourth-order valence-electron chi connectivity index (χ4n) is 2.08. The van der Waals surface area contributed by atoms with E-state index in [2.05, 4.69) is 27.9 Å². The largest absolute Gasteiger partial charge is 0.454 e. The molecule has 0 aromatic heterocycles. The van der Waals surface area contributed by atoms with Crippen molar-refractivity contribution in [3.05, 3.63) is 51.3 Å². The third kappa shape index (κ3) is 3.21. The third-order valence-electron chi connectivity index (χ3n) is 3.20. The molecular weight excluding hydrogens is 388 g/mol. The Morgan fingerprint density at radius 1 is 1.19 bits per heavy atom. The number of nitrogens with one attached hydrogen (secondary N) is 1. The molecule has 6 heteroatoms. The number of benzene rings is 2. The minimum Gasteiger partial charge on any atom is -0.454 e. The zero-order valence-electron chi connectivity index (χ0n) is 11.0. The molecule has 0 fully saturated rings. The van der Waals surface area contributed by atoms with E-state index >= 15 is 0 Å². The summed E-state index contributed by atoms with van der Waals surface area (Å²) in [4.78, 5) is 0. The van der Waals surface area contributed by atoms with Gasteiger partial charge in [-0.3, -0.25) is 0 Å². The predicted molar refractivity (Wildman–Crippen MR) is 85.1 cm³/mol. The second kappa shape index (κ2) is 6.07. The van der Waals surface area contributed by atoms with Crippen molar-refractivity contribution in [2.24, 2.45) is 0 Å². The number of aliphatic hydroxyl groups excluding tert-OH is 1. The van der Waals surface area contributed by atoms with E-state index in [-0.39, 0.29) is 12.6 Å². The molecule has 110 valence electrons. The number of fused-ring (bicyclic) bond motifs is 1. The van der Waals surface area contributed by atoms with Gasteiger partial charge < -0.3 is 19.9 Å². The van der Waals surface area contributed by atoms with E-state index in [0.29, 0.717) is 18.0 Å². The molecule has 4 nitrogen and oxygen atoms in total. The molecule has 1 heterocycles. The Labute approximate surface area is 135 Å². The lowest BCUT2D eigenvalue weighted by Gasteiger charge is -2.14. The summed E-state index contributed by atoms with van der Waals surface area (Å²) < 4.78 is 24.3. The van der Waals surface area contributed by atoms with Gasteiger partial charge in [0, 0.05) is 15.8 Å². The van der Waals surface area contributed by atoms with Gasteiger partial charge in [-0.15, -0.1) is 0 Å². The monoisotopic (exact) mass is 401 g/mol. The summed E-state index contributed by atoms with van der Waals surface area (Å²) in [6.07, 6.45) is -0.694. The predicted octanol–water partition coefficient (Wildman–Crippen LogP) is 3.30. The summed E-state index contributed by atoms with van der Waals surface area (Å²) >= 11 is 2.05. The minimum atomic E-state index is -0.694. The van der Waals surface area contributed by atoms with Gasteiger partial charge in [-0.05, 0) is 58.5 Å². The van der Waals surface area contributed by atoms with Gasteiger partial charge in [-0.2, -0.15) is 0 Å². The lowest BCUT2D eigenvalue weighted by molar-refractivity contribution is 0.173. The summed E-state index contributed by atoms with van der Waals surface area (Å²) in [6, 6.07) is 9.83. The molecule has 0 radical (unpaired) electrons. The molecule has 0 bridgehead atoms. The topological polar surface area (TPSA) is 50.7 Å². The zero-order chi connectivity index (χ0) is 14.8. The SMILES string of the molecule is OC(CNc1ccc(F)cc1I)c1ccc2c(c1)OCO2. The van der Waals surface area contributed by atoms with Gasteiger partial charge in [-0.1, -0.05) is 6.07 Å². The maximum Gasteiger partial charge on any atom is 0.231 e. The lowest BCUT2D eigenvalue weighted by Crippen LogP contribution is -2.12. The van der Waals surface area contributed by atoms with E-state index in [4.69, 9.17) is 9.47 Å². The molecule has 0 aliphatic carbocycles. The van der Waals surface area contributed by atoms with Crippen LogP contribution in [0.4, 0.5) is 10.1 Å². The van der Waals surface area contributed by atoms with E-state index in [1.54, 1.807) is 24.3 Å².